The number of pyridine rings is 1. The number of nitrogens with zero attached hydrogens (tertiary/aromatic N) is 2. The lowest BCUT2D eigenvalue weighted by Crippen LogP contribution is -2.35. The second kappa shape index (κ2) is 8.53. The number of carbonyl (C=O) groups is 2. The van der Waals surface area contributed by atoms with Gasteiger partial charge in [0.1, 0.15) is 5.82 Å². The van der Waals surface area contributed by atoms with E-state index in [1.807, 2.05) is 30.3 Å². The molecule has 0 unspecified atom stereocenters. The number of rotatable bonds is 6. The zero-order chi connectivity index (χ0) is 19.2. The van der Waals surface area contributed by atoms with E-state index >= 15 is 0 Å². The van der Waals surface area contributed by atoms with Gasteiger partial charge in [0.2, 0.25) is 5.91 Å². The maximum absolute atomic E-state index is 11.2. The Morgan fingerprint density at radius 1 is 1.15 bits per heavy atom. The summed E-state index contributed by atoms with van der Waals surface area (Å²) in [5.41, 5.74) is 7.57. The number of aromatic nitrogens is 1. The van der Waals surface area contributed by atoms with Crippen molar-refractivity contribution in [1.29, 1.82) is 0 Å². The van der Waals surface area contributed by atoms with Gasteiger partial charge in [-0.15, -0.1) is 0 Å². The number of amides is 2. The largest absolute Gasteiger partial charge is 0.465 e. The summed E-state index contributed by atoms with van der Waals surface area (Å²) < 4.78 is 0. The zero-order valence-corrected chi connectivity index (χ0v) is 15.1. The maximum atomic E-state index is 11.2. The van der Waals surface area contributed by atoms with Crippen LogP contribution >= 0.6 is 0 Å². The molecule has 0 radical (unpaired) electrons. The molecule has 1 aliphatic rings. The van der Waals surface area contributed by atoms with Gasteiger partial charge in [-0.05, 0) is 49.4 Å². The molecule has 0 saturated carbocycles. The van der Waals surface area contributed by atoms with E-state index in [9.17, 15) is 9.59 Å². The van der Waals surface area contributed by atoms with Crippen molar-refractivity contribution in [2.75, 3.05) is 24.5 Å². The molecule has 2 aromatic rings. The lowest BCUT2D eigenvalue weighted by molar-refractivity contribution is 0.1000. The van der Waals surface area contributed by atoms with Gasteiger partial charge in [-0.2, -0.15) is 0 Å². The first kappa shape index (κ1) is 18.7. The third-order valence-electron chi connectivity index (χ3n) is 4.97. The molecule has 0 atom stereocenters. The van der Waals surface area contributed by atoms with E-state index in [2.05, 4.69) is 10.2 Å². The number of carbonyl (C=O) groups excluding carboxylic acids is 1. The molecule has 0 bridgehead atoms. The fourth-order valence-corrected chi connectivity index (χ4v) is 3.40. The molecule has 4 N–H and O–H groups in total. The minimum absolute atomic E-state index is 0.440. The summed E-state index contributed by atoms with van der Waals surface area (Å²) in [6.07, 6.45) is 1.97. The predicted molar refractivity (Wildman–Crippen MR) is 104 cm³/mol. The number of hydrogen-bond donors (Lipinski definition) is 3. The van der Waals surface area contributed by atoms with E-state index in [4.69, 9.17) is 15.8 Å². The van der Waals surface area contributed by atoms with Crippen molar-refractivity contribution in [3.05, 3.63) is 48.0 Å². The minimum atomic E-state index is -0.961. The molecule has 1 aliphatic heterocycles. The Bertz CT molecular complexity index is 799. The van der Waals surface area contributed by atoms with Crippen LogP contribution in [0.3, 0.4) is 0 Å². The van der Waals surface area contributed by atoms with Crippen molar-refractivity contribution in [2.24, 2.45) is 11.7 Å². The van der Waals surface area contributed by atoms with E-state index < -0.39 is 12.0 Å². The summed E-state index contributed by atoms with van der Waals surface area (Å²) in [6.45, 7) is 2.33. The first-order chi connectivity index (χ1) is 13.0. The van der Waals surface area contributed by atoms with Crippen LogP contribution in [0.2, 0.25) is 0 Å². The van der Waals surface area contributed by atoms with Crippen LogP contribution in [-0.4, -0.2) is 41.7 Å². The zero-order valence-electron chi connectivity index (χ0n) is 15.1. The molecule has 0 spiro atoms. The summed E-state index contributed by atoms with van der Waals surface area (Å²) in [5.74, 6) is 1.04. The molecule has 0 aliphatic carbocycles. The van der Waals surface area contributed by atoms with Crippen molar-refractivity contribution in [3.8, 4) is 11.3 Å². The standard InChI is InChI=1S/C20H24N4O3/c21-19(25)16-6-4-15(5-7-16)17-2-1-3-18(23-17)24-12-9-14(10-13-24)8-11-22-20(26)27/h1-7,14,22H,8-13H2,(H2,21,25)(H,26,27). The normalized spacial score (nSPS) is 14.7. The Kier molecular flexibility index (Phi) is 5.90. The van der Waals surface area contributed by atoms with Crippen LogP contribution in [0, 0.1) is 5.92 Å². The Hall–Kier alpha value is -3.09. The number of nitrogens with one attached hydrogen (secondary N) is 1. The van der Waals surface area contributed by atoms with E-state index in [0.717, 1.165) is 49.4 Å². The number of hydrogen-bond acceptors (Lipinski definition) is 4. The Balaban J connectivity index is 1.61. The molecule has 1 saturated heterocycles. The van der Waals surface area contributed by atoms with E-state index in [0.29, 0.717) is 18.0 Å². The lowest BCUT2D eigenvalue weighted by atomic mass is 9.93. The molecule has 1 aromatic carbocycles. The van der Waals surface area contributed by atoms with Crippen molar-refractivity contribution in [2.45, 2.75) is 19.3 Å². The van der Waals surface area contributed by atoms with Crippen LogP contribution in [0.4, 0.5) is 10.6 Å². The molecule has 7 heteroatoms. The fraction of sp³-hybridized carbons (Fsp3) is 0.350. The monoisotopic (exact) mass is 368 g/mol. The van der Waals surface area contributed by atoms with Crippen LogP contribution in [0.25, 0.3) is 11.3 Å². The summed E-state index contributed by atoms with van der Waals surface area (Å²) in [7, 11) is 0. The number of primary amides is 1. The summed E-state index contributed by atoms with van der Waals surface area (Å²) in [6, 6.07) is 13.1. The SMILES string of the molecule is NC(=O)c1ccc(-c2cccc(N3CCC(CCNC(=O)O)CC3)n2)cc1. The number of benzene rings is 1. The minimum Gasteiger partial charge on any atom is -0.465 e. The highest BCUT2D eigenvalue weighted by Gasteiger charge is 2.20. The van der Waals surface area contributed by atoms with E-state index in [-0.39, 0.29) is 0 Å². The third kappa shape index (κ3) is 4.97. The summed E-state index contributed by atoms with van der Waals surface area (Å²) >= 11 is 0. The molecule has 2 amide bonds. The van der Waals surface area contributed by atoms with Gasteiger partial charge in [0, 0.05) is 30.8 Å². The highest BCUT2D eigenvalue weighted by atomic mass is 16.4. The van der Waals surface area contributed by atoms with Gasteiger partial charge in [-0.25, -0.2) is 9.78 Å². The van der Waals surface area contributed by atoms with Crippen molar-refractivity contribution in [1.82, 2.24) is 10.3 Å². The number of piperidine rings is 1. The Morgan fingerprint density at radius 2 is 1.85 bits per heavy atom. The quantitative estimate of drug-likeness (QED) is 0.726. The van der Waals surface area contributed by atoms with Crippen molar-refractivity contribution in [3.63, 3.8) is 0 Å². The molecule has 27 heavy (non-hydrogen) atoms. The van der Waals surface area contributed by atoms with Gasteiger partial charge in [0.25, 0.3) is 0 Å². The molecular formula is C20H24N4O3. The first-order valence-corrected chi connectivity index (χ1v) is 9.12. The second-order valence-corrected chi connectivity index (χ2v) is 6.77. The summed E-state index contributed by atoms with van der Waals surface area (Å²) in [4.78, 5) is 28.8. The summed E-state index contributed by atoms with van der Waals surface area (Å²) in [5, 5.41) is 11.1. The van der Waals surface area contributed by atoms with Crippen LogP contribution in [0.15, 0.2) is 42.5 Å². The smallest absolute Gasteiger partial charge is 0.404 e. The molecule has 3 rings (SSSR count). The predicted octanol–water partition coefficient (Wildman–Crippen LogP) is 2.72. The van der Waals surface area contributed by atoms with Crippen molar-refractivity contribution >= 4 is 17.8 Å². The van der Waals surface area contributed by atoms with Crippen LogP contribution in [-0.2, 0) is 0 Å². The second-order valence-electron chi connectivity index (χ2n) is 6.77. The Labute approximate surface area is 158 Å². The molecule has 142 valence electrons. The molecular weight excluding hydrogens is 344 g/mol. The highest BCUT2D eigenvalue weighted by Crippen LogP contribution is 2.26. The van der Waals surface area contributed by atoms with E-state index in [1.54, 1.807) is 12.1 Å². The lowest BCUT2D eigenvalue weighted by Gasteiger charge is -2.33. The van der Waals surface area contributed by atoms with Gasteiger partial charge in [0.15, 0.2) is 0 Å². The average molecular weight is 368 g/mol. The van der Waals surface area contributed by atoms with Gasteiger partial charge in [-0.3, -0.25) is 4.79 Å². The number of carboxylic acid groups (broad SMARTS) is 1. The van der Waals surface area contributed by atoms with Gasteiger partial charge in [0.05, 0.1) is 5.69 Å². The third-order valence-corrected chi connectivity index (χ3v) is 4.97. The first-order valence-electron chi connectivity index (χ1n) is 9.12. The Morgan fingerprint density at radius 3 is 2.48 bits per heavy atom. The molecule has 1 aromatic heterocycles. The van der Waals surface area contributed by atoms with Crippen LogP contribution in [0.5, 0.6) is 0 Å². The van der Waals surface area contributed by atoms with Crippen LogP contribution in [0.1, 0.15) is 29.6 Å². The van der Waals surface area contributed by atoms with Gasteiger partial charge in [-0.1, -0.05) is 18.2 Å². The van der Waals surface area contributed by atoms with Gasteiger partial charge < -0.3 is 21.1 Å². The maximum Gasteiger partial charge on any atom is 0.404 e. The molecule has 2 heterocycles. The van der Waals surface area contributed by atoms with Crippen LogP contribution < -0.4 is 16.0 Å². The average Bonchev–Trinajstić information content (AvgIpc) is 2.68. The van der Waals surface area contributed by atoms with Gasteiger partial charge >= 0.3 is 6.09 Å². The van der Waals surface area contributed by atoms with Crippen molar-refractivity contribution < 1.29 is 14.7 Å². The van der Waals surface area contributed by atoms with E-state index in [1.165, 1.54) is 0 Å². The number of nitrogens with two attached hydrogens (primary N) is 1. The molecule has 1 fully saturated rings. The fourth-order valence-electron chi connectivity index (χ4n) is 3.40. The topological polar surface area (TPSA) is 109 Å². The number of anilines is 1. The molecule has 7 nitrogen and oxygen atoms in total. The highest BCUT2D eigenvalue weighted by molar-refractivity contribution is 5.93.